The molecule has 4 saturated carbocycles. The van der Waals surface area contributed by atoms with Crippen molar-refractivity contribution in [2.24, 2.45) is 28.9 Å². The highest BCUT2D eigenvalue weighted by molar-refractivity contribution is 6.37. The van der Waals surface area contributed by atoms with Crippen LogP contribution in [0.25, 0.3) is 10.8 Å². The quantitative estimate of drug-likeness (QED) is 0.0914. The molecule has 7 N–H and O–H groups in total. The van der Waals surface area contributed by atoms with E-state index in [9.17, 15) is 29.1 Å². The Morgan fingerprint density at radius 3 is 2.22 bits per heavy atom. The number of amides is 5. The van der Waals surface area contributed by atoms with E-state index in [1.807, 2.05) is 30.3 Å². The fourth-order valence-corrected chi connectivity index (χ4v) is 10.8. The number of primary amides is 1. The SMILES string of the molecule is CC(C)(O)c1cnnn1[C@H]1C[C@@H](C(=O)NC(CCCCNC(=O)O)C(=O)C(N)=O)N(C(=O)C(CC23CC4CC(CC(C4)C2)C3)NC(=O)c2ccc3ccccc3c2)C1. The van der Waals surface area contributed by atoms with E-state index in [1.54, 1.807) is 26.0 Å². The van der Waals surface area contributed by atoms with Crippen LogP contribution in [0.2, 0.25) is 0 Å². The number of rotatable bonds is 16. The number of likely N-dealkylation sites (tertiary alicyclic amines) is 1. The van der Waals surface area contributed by atoms with Crippen molar-refractivity contribution in [3.05, 3.63) is 59.9 Å². The van der Waals surface area contributed by atoms with Gasteiger partial charge < -0.3 is 36.8 Å². The molecule has 16 heteroatoms. The zero-order chi connectivity index (χ0) is 41.4. The minimum absolute atomic E-state index is 0.00128. The molecule has 8 rings (SSSR count). The van der Waals surface area contributed by atoms with Gasteiger partial charge in [-0.25, -0.2) is 9.48 Å². The second kappa shape index (κ2) is 16.5. The van der Waals surface area contributed by atoms with E-state index in [4.69, 9.17) is 10.8 Å². The third kappa shape index (κ3) is 8.86. The molecule has 2 unspecified atom stereocenters. The number of nitrogens with one attached hydrogen (secondary N) is 3. The summed E-state index contributed by atoms with van der Waals surface area (Å²) in [7, 11) is 0. The lowest BCUT2D eigenvalue weighted by Crippen LogP contribution is -2.58. The van der Waals surface area contributed by atoms with Gasteiger partial charge in [0.1, 0.15) is 17.7 Å². The van der Waals surface area contributed by atoms with E-state index in [0.29, 0.717) is 41.9 Å². The molecule has 58 heavy (non-hydrogen) atoms. The minimum atomic E-state index is -1.36. The summed E-state index contributed by atoms with van der Waals surface area (Å²) >= 11 is 0. The van der Waals surface area contributed by atoms with Crippen LogP contribution in [-0.4, -0.2) is 96.8 Å². The Bertz CT molecular complexity index is 2040. The van der Waals surface area contributed by atoms with Crippen LogP contribution in [0.3, 0.4) is 0 Å². The summed E-state index contributed by atoms with van der Waals surface area (Å²) in [6, 6.07) is 9.03. The number of hydrogen-bond acceptors (Lipinski definition) is 9. The fraction of sp³-hybridized carbons (Fsp3) is 0.571. The molecule has 16 nitrogen and oxygen atoms in total. The van der Waals surface area contributed by atoms with Crippen molar-refractivity contribution in [3.8, 4) is 0 Å². The molecule has 4 bridgehead atoms. The summed E-state index contributed by atoms with van der Waals surface area (Å²) < 4.78 is 1.51. The fourth-order valence-electron chi connectivity index (χ4n) is 10.8. The monoisotopic (exact) mass is 798 g/mol. The number of hydrogen-bond donors (Lipinski definition) is 6. The van der Waals surface area contributed by atoms with Crippen molar-refractivity contribution >= 4 is 46.3 Å². The number of unbranched alkanes of at least 4 members (excludes halogenated alkanes) is 1. The van der Waals surface area contributed by atoms with Crippen LogP contribution in [-0.2, 0) is 24.8 Å². The van der Waals surface area contributed by atoms with Gasteiger partial charge in [0.15, 0.2) is 0 Å². The molecule has 310 valence electrons. The molecule has 1 aromatic heterocycles. The van der Waals surface area contributed by atoms with Gasteiger partial charge in [-0.05, 0) is 124 Å². The topological polar surface area (TPSA) is 239 Å². The van der Waals surface area contributed by atoms with E-state index < -0.39 is 65.3 Å². The van der Waals surface area contributed by atoms with E-state index >= 15 is 4.79 Å². The van der Waals surface area contributed by atoms with Crippen molar-refractivity contribution in [3.63, 3.8) is 0 Å². The average Bonchev–Trinajstić information content (AvgIpc) is 3.84. The molecule has 2 heterocycles. The predicted octanol–water partition coefficient (Wildman–Crippen LogP) is 3.18. The van der Waals surface area contributed by atoms with Crippen LogP contribution < -0.4 is 21.7 Å². The Labute approximate surface area is 336 Å². The van der Waals surface area contributed by atoms with Crippen LogP contribution in [0.5, 0.6) is 0 Å². The number of nitrogens with zero attached hydrogens (tertiary/aromatic N) is 4. The number of Topliss-reactive ketones (excluding diaryl/α,β-unsaturated/α-hetero) is 1. The molecule has 3 aromatic rings. The van der Waals surface area contributed by atoms with Gasteiger partial charge in [0, 0.05) is 25.1 Å². The normalized spacial score (nSPS) is 25.9. The Hall–Kier alpha value is -5.38. The highest BCUT2D eigenvalue weighted by atomic mass is 16.4. The highest BCUT2D eigenvalue weighted by Gasteiger charge is 2.53. The Kier molecular flexibility index (Phi) is 11.6. The number of carbonyl (C=O) groups excluding carboxylic acids is 5. The lowest BCUT2D eigenvalue weighted by Gasteiger charge is -2.57. The summed E-state index contributed by atoms with van der Waals surface area (Å²) in [5.74, 6) is -2.06. The lowest BCUT2D eigenvalue weighted by atomic mass is 9.48. The Morgan fingerprint density at radius 1 is 0.914 bits per heavy atom. The van der Waals surface area contributed by atoms with Crippen molar-refractivity contribution in [1.29, 1.82) is 0 Å². The van der Waals surface area contributed by atoms with Crippen LogP contribution in [0.4, 0.5) is 4.79 Å². The van der Waals surface area contributed by atoms with Crippen molar-refractivity contribution in [2.45, 2.75) is 114 Å². The molecule has 5 amide bonds. The minimum Gasteiger partial charge on any atom is -0.465 e. The number of aliphatic hydroxyl groups is 1. The van der Waals surface area contributed by atoms with E-state index in [2.05, 4.69) is 26.3 Å². The summed E-state index contributed by atoms with van der Waals surface area (Å²) in [6.45, 7) is 3.26. The van der Waals surface area contributed by atoms with Gasteiger partial charge in [-0.1, -0.05) is 35.5 Å². The molecule has 5 fully saturated rings. The first-order chi connectivity index (χ1) is 27.6. The number of aromatic nitrogens is 3. The molecule has 4 atom stereocenters. The van der Waals surface area contributed by atoms with E-state index in [0.717, 1.165) is 30.0 Å². The number of fused-ring (bicyclic) bond motifs is 1. The molecule has 0 spiro atoms. The third-order valence-corrected chi connectivity index (χ3v) is 12.9. The zero-order valence-corrected chi connectivity index (χ0v) is 33.1. The van der Waals surface area contributed by atoms with Crippen molar-refractivity contribution in [2.75, 3.05) is 13.1 Å². The van der Waals surface area contributed by atoms with Crippen LogP contribution in [0, 0.1) is 23.2 Å². The smallest absolute Gasteiger partial charge is 0.404 e. The standard InChI is InChI=1S/C42H54N8O8/c1-41(2,58)34-22-45-48-50(34)30-17-33(38(54)46-31(35(51)36(43)52)9-5-6-12-44-40(56)57)49(23-30)39(55)32(21-42-18-24-13-25(19-42)15-26(14-24)20-42)47-37(53)29-11-10-27-7-3-4-8-28(27)16-29/h3-4,7-8,10-11,16,22,24-26,30-33,44,58H,5-6,9,12-15,17-21,23H2,1-2H3,(H2,43,52)(H,46,54)(H,47,53)(H,56,57)/t24?,25?,26?,30-,31?,32?,33-,42?/m0/s1. The third-order valence-electron chi connectivity index (χ3n) is 12.9. The molecular weight excluding hydrogens is 745 g/mol. The average molecular weight is 799 g/mol. The lowest BCUT2D eigenvalue weighted by molar-refractivity contribution is -0.143. The number of ketones is 1. The molecule has 4 aliphatic carbocycles. The van der Waals surface area contributed by atoms with Gasteiger partial charge in [-0.2, -0.15) is 0 Å². The summed E-state index contributed by atoms with van der Waals surface area (Å²) in [5.41, 5.74) is 4.66. The van der Waals surface area contributed by atoms with Crippen molar-refractivity contribution in [1.82, 2.24) is 35.8 Å². The number of benzene rings is 2. The molecule has 1 aliphatic heterocycles. The Balaban J connectivity index is 1.20. The van der Waals surface area contributed by atoms with E-state index in [1.165, 1.54) is 35.0 Å². The number of carboxylic acid groups (broad SMARTS) is 1. The van der Waals surface area contributed by atoms with Gasteiger partial charge in [-0.15, -0.1) is 5.10 Å². The van der Waals surface area contributed by atoms with E-state index in [-0.39, 0.29) is 37.8 Å². The van der Waals surface area contributed by atoms with Gasteiger partial charge in [0.2, 0.25) is 17.6 Å². The van der Waals surface area contributed by atoms with Crippen LogP contribution in [0.15, 0.2) is 48.7 Å². The summed E-state index contributed by atoms with van der Waals surface area (Å²) in [5, 5.41) is 38.1. The first-order valence-electron chi connectivity index (χ1n) is 20.4. The van der Waals surface area contributed by atoms with Gasteiger partial charge in [0.05, 0.1) is 24.0 Å². The highest BCUT2D eigenvalue weighted by Crippen LogP contribution is 2.61. The molecular formula is C42H54N8O8. The molecule has 2 aromatic carbocycles. The van der Waals surface area contributed by atoms with Gasteiger partial charge in [0.25, 0.3) is 11.8 Å². The molecule has 5 aliphatic rings. The molecule has 1 saturated heterocycles. The second-order valence-electron chi connectivity index (χ2n) is 17.7. The van der Waals surface area contributed by atoms with Crippen LogP contribution >= 0.6 is 0 Å². The maximum absolute atomic E-state index is 15.2. The number of carbonyl (C=O) groups is 6. The molecule has 0 radical (unpaired) electrons. The first kappa shape index (κ1) is 40.8. The maximum Gasteiger partial charge on any atom is 0.404 e. The summed E-state index contributed by atoms with van der Waals surface area (Å²) in [4.78, 5) is 81.2. The number of nitrogens with two attached hydrogens (primary N) is 1. The van der Waals surface area contributed by atoms with Gasteiger partial charge in [-0.3, -0.25) is 24.0 Å². The van der Waals surface area contributed by atoms with Crippen molar-refractivity contribution < 1.29 is 39.0 Å². The zero-order valence-electron chi connectivity index (χ0n) is 33.1. The second-order valence-corrected chi connectivity index (χ2v) is 17.7. The maximum atomic E-state index is 15.2. The Morgan fingerprint density at radius 2 is 1.59 bits per heavy atom. The van der Waals surface area contributed by atoms with Gasteiger partial charge >= 0.3 is 6.09 Å². The summed E-state index contributed by atoms with van der Waals surface area (Å²) in [6.07, 6.45) is 7.81. The predicted molar refractivity (Wildman–Crippen MR) is 211 cm³/mol. The largest absolute Gasteiger partial charge is 0.465 e. The first-order valence-corrected chi connectivity index (χ1v) is 20.4. The van der Waals surface area contributed by atoms with Crippen LogP contribution in [0.1, 0.15) is 107 Å².